The fourth-order valence-electron chi connectivity index (χ4n) is 7.45. The van der Waals surface area contributed by atoms with Gasteiger partial charge in [-0.15, -0.1) is 0 Å². The van der Waals surface area contributed by atoms with Crippen LogP contribution in [0.15, 0.2) is 12.2 Å². The molecule has 1 aliphatic heterocycles. The third-order valence-corrected chi connectivity index (χ3v) is 11.5. The van der Waals surface area contributed by atoms with Crippen LogP contribution in [0.2, 0.25) is 0 Å². The van der Waals surface area contributed by atoms with E-state index in [-0.39, 0.29) is 18.9 Å². The largest absolute Gasteiger partial charge is 0.397 e. The standard InChI is InChI=1S/C44H85NO11S/c1-3-5-7-9-11-13-15-17-18-19-20-22-23-25-27-29-31-33-38(47)37(36-54-44-42(50)43(56-57(51,52)53)41(49)39(35-46)55-44)45-40(48)34-32-30-28-26-24-21-16-14-12-10-8-6-4-2/h31,33,37-39,41-44,46-47,49-50H,3-30,32,34-36H2,1-2H3,(H,45,48)(H,51,52,53)/b33-31+. The zero-order valence-electron chi connectivity index (χ0n) is 35.9. The van der Waals surface area contributed by atoms with Crippen molar-refractivity contribution >= 4 is 16.3 Å². The molecule has 1 rings (SSSR count). The van der Waals surface area contributed by atoms with Crippen LogP contribution in [0.3, 0.4) is 0 Å². The van der Waals surface area contributed by atoms with Crippen LogP contribution in [0.25, 0.3) is 0 Å². The van der Waals surface area contributed by atoms with Gasteiger partial charge in [-0.05, 0) is 19.3 Å². The second kappa shape index (κ2) is 35.6. The lowest BCUT2D eigenvalue weighted by Gasteiger charge is -2.41. The molecule has 12 nitrogen and oxygen atoms in total. The molecule has 13 heteroatoms. The van der Waals surface area contributed by atoms with Crippen molar-refractivity contribution in [3.63, 3.8) is 0 Å². The van der Waals surface area contributed by atoms with Gasteiger partial charge in [-0.3, -0.25) is 9.35 Å². The maximum absolute atomic E-state index is 13.0. The summed E-state index contributed by atoms with van der Waals surface area (Å²) in [6.45, 7) is 3.39. The second-order valence-electron chi connectivity index (χ2n) is 16.4. The summed E-state index contributed by atoms with van der Waals surface area (Å²) in [5, 5.41) is 44.7. The summed E-state index contributed by atoms with van der Waals surface area (Å²) >= 11 is 0. The van der Waals surface area contributed by atoms with Gasteiger partial charge in [-0.25, -0.2) is 4.18 Å². The van der Waals surface area contributed by atoms with Gasteiger partial charge in [0.15, 0.2) is 6.29 Å². The molecule has 7 unspecified atom stereocenters. The first-order valence-electron chi connectivity index (χ1n) is 23.1. The molecule has 0 aromatic heterocycles. The molecule has 1 aliphatic rings. The first-order valence-corrected chi connectivity index (χ1v) is 24.4. The number of carbonyl (C=O) groups is 1. The molecule has 0 spiro atoms. The molecule has 0 aromatic rings. The third kappa shape index (κ3) is 28.9. The van der Waals surface area contributed by atoms with Crippen LogP contribution in [-0.4, -0.2) is 95.4 Å². The van der Waals surface area contributed by atoms with E-state index >= 15 is 0 Å². The van der Waals surface area contributed by atoms with Crippen LogP contribution in [-0.2, 0) is 28.9 Å². The summed E-state index contributed by atoms with van der Waals surface area (Å²) < 4.78 is 47.5. The van der Waals surface area contributed by atoms with Gasteiger partial charge in [0.1, 0.15) is 24.4 Å². The number of amides is 1. The number of nitrogens with one attached hydrogen (secondary N) is 1. The number of hydrogen-bond acceptors (Lipinski definition) is 10. The van der Waals surface area contributed by atoms with Crippen molar-refractivity contribution in [2.24, 2.45) is 0 Å². The minimum Gasteiger partial charge on any atom is -0.394 e. The van der Waals surface area contributed by atoms with Gasteiger partial charge >= 0.3 is 10.4 Å². The van der Waals surface area contributed by atoms with Gasteiger partial charge in [0.2, 0.25) is 5.91 Å². The van der Waals surface area contributed by atoms with Gasteiger partial charge < -0.3 is 35.2 Å². The summed E-state index contributed by atoms with van der Waals surface area (Å²) in [6.07, 6.45) is 29.6. The Labute approximate surface area is 347 Å². The summed E-state index contributed by atoms with van der Waals surface area (Å²) in [4.78, 5) is 13.0. The number of aliphatic hydroxyl groups is 4. The molecule has 0 aliphatic carbocycles. The number of allylic oxidation sites excluding steroid dienone is 1. The van der Waals surface area contributed by atoms with Crippen LogP contribution in [0.5, 0.6) is 0 Å². The number of ether oxygens (including phenoxy) is 2. The van der Waals surface area contributed by atoms with Crippen LogP contribution in [0.1, 0.15) is 206 Å². The van der Waals surface area contributed by atoms with E-state index in [0.717, 1.165) is 38.5 Å². The summed E-state index contributed by atoms with van der Waals surface area (Å²) in [5.74, 6) is -0.261. The minimum absolute atomic E-state index is 0.261. The van der Waals surface area contributed by atoms with Crippen molar-refractivity contribution in [1.29, 1.82) is 0 Å². The van der Waals surface area contributed by atoms with Crippen LogP contribution in [0, 0.1) is 0 Å². The van der Waals surface area contributed by atoms with E-state index < -0.39 is 59.9 Å². The summed E-state index contributed by atoms with van der Waals surface area (Å²) in [6, 6.07) is -0.937. The van der Waals surface area contributed by atoms with E-state index in [1.54, 1.807) is 6.08 Å². The molecule has 0 bridgehead atoms. The van der Waals surface area contributed by atoms with Crippen LogP contribution in [0.4, 0.5) is 0 Å². The number of carbonyl (C=O) groups excluding carboxylic acids is 1. The maximum Gasteiger partial charge on any atom is 0.397 e. The van der Waals surface area contributed by atoms with Crippen molar-refractivity contribution in [3.8, 4) is 0 Å². The molecule has 1 fully saturated rings. The third-order valence-electron chi connectivity index (χ3n) is 11.1. The van der Waals surface area contributed by atoms with Gasteiger partial charge in [0.05, 0.1) is 25.4 Å². The Hall–Kier alpha value is -1.16. The van der Waals surface area contributed by atoms with E-state index in [2.05, 4.69) is 23.3 Å². The summed E-state index contributed by atoms with van der Waals surface area (Å²) in [5.41, 5.74) is 0. The molecule has 6 N–H and O–H groups in total. The highest BCUT2D eigenvalue weighted by molar-refractivity contribution is 7.80. The zero-order valence-corrected chi connectivity index (χ0v) is 36.7. The van der Waals surface area contributed by atoms with Crippen molar-refractivity contribution < 1.29 is 51.8 Å². The van der Waals surface area contributed by atoms with E-state index in [1.807, 2.05) is 6.08 Å². The van der Waals surface area contributed by atoms with Crippen LogP contribution < -0.4 is 5.32 Å². The predicted molar refractivity (Wildman–Crippen MR) is 227 cm³/mol. The molecule has 1 amide bonds. The molecule has 1 saturated heterocycles. The fraction of sp³-hybridized carbons (Fsp3) is 0.932. The molecule has 1 heterocycles. The lowest BCUT2D eigenvalue weighted by Crippen LogP contribution is -2.61. The molecule has 7 atom stereocenters. The highest BCUT2D eigenvalue weighted by Crippen LogP contribution is 2.26. The molecule has 338 valence electrons. The highest BCUT2D eigenvalue weighted by atomic mass is 32.3. The Bertz CT molecular complexity index is 1080. The first kappa shape index (κ1) is 53.9. The summed E-state index contributed by atoms with van der Waals surface area (Å²) in [7, 11) is -5.08. The van der Waals surface area contributed by atoms with Crippen molar-refractivity contribution in [3.05, 3.63) is 12.2 Å². The number of hydrogen-bond donors (Lipinski definition) is 6. The van der Waals surface area contributed by atoms with Crippen molar-refractivity contribution in [2.45, 2.75) is 249 Å². The van der Waals surface area contributed by atoms with E-state index in [4.69, 9.17) is 9.47 Å². The SMILES string of the molecule is CCCCCCCCCCCCCCCCC/C=C/C(O)C(COC1OC(CO)C(O)C(OS(=O)(=O)O)C1O)NC(=O)CCCCCCCCCCCCCCC. The maximum atomic E-state index is 13.0. The average Bonchev–Trinajstić information content (AvgIpc) is 3.18. The zero-order chi connectivity index (χ0) is 42.0. The van der Waals surface area contributed by atoms with Crippen molar-refractivity contribution in [2.75, 3.05) is 13.2 Å². The molecule has 57 heavy (non-hydrogen) atoms. The Kier molecular flexibility index (Phi) is 33.6. The smallest absolute Gasteiger partial charge is 0.394 e. The Morgan fingerprint density at radius 2 is 1.11 bits per heavy atom. The first-order chi connectivity index (χ1) is 27.5. The van der Waals surface area contributed by atoms with Crippen molar-refractivity contribution in [1.82, 2.24) is 5.32 Å². The second-order valence-corrected chi connectivity index (χ2v) is 17.4. The molecule has 0 aromatic carbocycles. The van der Waals surface area contributed by atoms with Gasteiger partial charge in [0, 0.05) is 6.42 Å². The van der Waals surface area contributed by atoms with Gasteiger partial charge in [-0.1, -0.05) is 193 Å². The molecule has 0 radical (unpaired) electrons. The normalized spacial score (nSPS) is 21.3. The number of unbranched alkanes of at least 4 members (excludes halogenated alkanes) is 27. The quantitative estimate of drug-likeness (QED) is 0.0197. The number of rotatable bonds is 39. The monoisotopic (exact) mass is 836 g/mol. The number of aliphatic hydroxyl groups excluding tert-OH is 4. The van der Waals surface area contributed by atoms with E-state index in [9.17, 15) is 38.2 Å². The van der Waals surface area contributed by atoms with Crippen LogP contribution >= 0.6 is 0 Å². The van der Waals surface area contributed by atoms with E-state index in [0.29, 0.717) is 6.42 Å². The van der Waals surface area contributed by atoms with E-state index in [1.165, 1.54) is 141 Å². The predicted octanol–water partition coefficient (Wildman–Crippen LogP) is 8.77. The van der Waals surface area contributed by atoms with Gasteiger partial charge in [-0.2, -0.15) is 8.42 Å². The molecular formula is C44H85NO11S. The Morgan fingerprint density at radius 1 is 0.684 bits per heavy atom. The molecule has 0 saturated carbocycles. The Morgan fingerprint density at radius 3 is 1.53 bits per heavy atom. The topological polar surface area (TPSA) is 192 Å². The lowest BCUT2D eigenvalue weighted by molar-refractivity contribution is -0.298. The molecular weight excluding hydrogens is 751 g/mol. The fourth-order valence-corrected chi connectivity index (χ4v) is 7.96. The Balaban J connectivity index is 2.53. The minimum atomic E-state index is -5.08. The lowest BCUT2D eigenvalue weighted by atomic mass is 9.99. The average molecular weight is 836 g/mol. The highest BCUT2D eigenvalue weighted by Gasteiger charge is 2.48. The van der Waals surface area contributed by atoms with Gasteiger partial charge in [0.25, 0.3) is 0 Å².